The molecule has 4 heteroatoms. The van der Waals surface area contributed by atoms with Gasteiger partial charge in [-0.3, -0.25) is 0 Å². The number of aryl methyl sites for hydroxylation is 2. The number of nitrogens with one attached hydrogen (secondary N) is 1. The van der Waals surface area contributed by atoms with Crippen LogP contribution in [0, 0.1) is 24.4 Å². The highest BCUT2D eigenvalue weighted by Crippen LogP contribution is 2.35. The lowest BCUT2D eigenvalue weighted by atomic mass is 9.91. The molecule has 0 aliphatic carbocycles. The summed E-state index contributed by atoms with van der Waals surface area (Å²) in [6.07, 6.45) is 2.73. The summed E-state index contributed by atoms with van der Waals surface area (Å²) in [6, 6.07) is 7.84. The maximum Gasteiger partial charge on any atom is 0.162 e. The van der Waals surface area contributed by atoms with E-state index in [-0.39, 0.29) is 11.7 Å². The number of benzene rings is 2. The zero-order valence-corrected chi connectivity index (χ0v) is 14.7. The van der Waals surface area contributed by atoms with Gasteiger partial charge in [0.1, 0.15) is 5.82 Å². The van der Waals surface area contributed by atoms with E-state index in [2.05, 4.69) is 11.9 Å². The van der Waals surface area contributed by atoms with Crippen molar-refractivity contribution in [1.29, 1.82) is 0 Å². The number of unbranched alkanes of at least 4 members (excludes halogenated alkanes) is 1. The number of halogens is 3. The van der Waals surface area contributed by atoms with E-state index < -0.39 is 11.6 Å². The van der Waals surface area contributed by atoms with E-state index in [1.807, 2.05) is 6.92 Å². The van der Waals surface area contributed by atoms with Gasteiger partial charge in [0.2, 0.25) is 0 Å². The van der Waals surface area contributed by atoms with Crippen LogP contribution >= 0.6 is 0 Å². The van der Waals surface area contributed by atoms with Gasteiger partial charge in [-0.15, -0.1) is 0 Å². The monoisotopic (exact) mass is 345 g/mol. The number of hydrogen-bond acceptors (Lipinski definition) is 0. The molecule has 3 aromatic rings. The second-order valence-electron chi connectivity index (χ2n) is 6.63. The molecule has 3 rings (SSSR count). The molecule has 0 spiro atoms. The molecule has 1 N–H and O–H groups in total. The molecular weight excluding hydrogens is 323 g/mol. The summed E-state index contributed by atoms with van der Waals surface area (Å²) in [6.45, 7) is 5.49. The van der Waals surface area contributed by atoms with Gasteiger partial charge in [0.05, 0.1) is 0 Å². The summed E-state index contributed by atoms with van der Waals surface area (Å²) < 4.78 is 42.2. The van der Waals surface area contributed by atoms with Crippen molar-refractivity contribution in [2.45, 2.75) is 46.0 Å². The van der Waals surface area contributed by atoms with Crippen LogP contribution in [0.25, 0.3) is 10.9 Å². The second kappa shape index (κ2) is 6.95. The van der Waals surface area contributed by atoms with Crippen molar-refractivity contribution in [3.8, 4) is 0 Å². The number of rotatable bonds is 5. The number of aromatic nitrogens is 1. The van der Waals surface area contributed by atoms with Crippen LogP contribution in [-0.2, 0) is 6.42 Å². The fourth-order valence-corrected chi connectivity index (χ4v) is 3.38. The Bertz CT molecular complexity index is 911. The van der Waals surface area contributed by atoms with E-state index in [9.17, 15) is 13.2 Å². The predicted molar refractivity (Wildman–Crippen MR) is 95.5 cm³/mol. The van der Waals surface area contributed by atoms with Crippen LogP contribution in [0.2, 0.25) is 0 Å². The first-order chi connectivity index (χ1) is 11.9. The van der Waals surface area contributed by atoms with E-state index in [0.29, 0.717) is 11.1 Å². The molecule has 1 nitrogen and oxygen atoms in total. The van der Waals surface area contributed by atoms with Gasteiger partial charge < -0.3 is 4.98 Å². The highest BCUT2D eigenvalue weighted by molar-refractivity contribution is 5.85. The predicted octanol–water partition coefficient (Wildman–Crippen LogP) is 6.39. The summed E-state index contributed by atoms with van der Waals surface area (Å²) in [5, 5.41) is 0.822. The molecule has 0 amide bonds. The summed E-state index contributed by atoms with van der Waals surface area (Å²) in [4.78, 5) is 3.30. The number of fused-ring (bicyclic) bond motifs is 1. The summed E-state index contributed by atoms with van der Waals surface area (Å²) in [5.74, 6) is -2.26. The van der Waals surface area contributed by atoms with Gasteiger partial charge in [0.25, 0.3) is 0 Å². The minimum absolute atomic E-state index is 0.290. The van der Waals surface area contributed by atoms with Gasteiger partial charge in [0.15, 0.2) is 11.6 Å². The second-order valence-corrected chi connectivity index (χ2v) is 6.63. The molecule has 25 heavy (non-hydrogen) atoms. The highest BCUT2D eigenvalue weighted by atomic mass is 19.2. The number of hydrogen-bond donors (Lipinski definition) is 1. The van der Waals surface area contributed by atoms with E-state index in [1.54, 1.807) is 25.1 Å². The third kappa shape index (κ3) is 3.17. The van der Waals surface area contributed by atoms with Crippen LogP contribution in [0.1, 0.15) is 55.0 Å². The minimum atomic E-state index is -0.807. The van der Waals surface area contributed by atoms with Crippen LogP contribution in [0.5, 0.6) is 0 Å². The molecule has 2 aromatic carbocycles. The topological polar surface area (TPSA) is 15.8 Å². The Kier molecular flexibility index (Phi) is 4.89. The van der Waals surface area contributed by atoms with E-state index in [1.165, 1.54) is 12.1 Å². The standard InChI is InChI=1S/C21H22F3N/c1-4-5-6-16-17-11-14(22)8-10-18(17)25-21(16)13(3)15-9-7-12(2)19(23)20(15)24/h7-11,13,25H,4-6H2,1-3H3. The van der Waals surface area contributed by atoms with Crippen molar-refractivity contribution < 1.29 is 13.2 Å². The first-order valence-corrected chi connectivity index (χ1v) is 8.68. The molecule has 0 fully saturated rings. The smallest absolute Gasteiger partial charge is 0.162 e. The van der Waals surface area contributed by atoms with E-state index >= 15 is 0 Å². The Morgan fingerprint density at radius 1 is 1.04 bits per heavy atom. The summed E-state index contributed by atoms with van der Waals surface area (Å²) in [5.41, 5.74) is 3.24. The first kappa shape index (κ1) is 17.6. The Morgan fingerprint density at radius 2 is 1.80 bits per heavy atom. The van der Waals surface area contributed by atoms with Crippen LogP contribution in [0.4, 0.5) is 13.2 Å². The quantitative estimate of drug-likeness (QED) is 0.551. The van der Waals surface area contributed by atoms with Gasteiger partial charge >= 0.3 is 0 Å². The average molecular weight is 345 g/mol. The fourth-order valence-electron chi connectivity index (χ4n) is 3.38. The normalized spacial score (nSPS) is 12.7. The molecule has 1 unspecified atom stereocenters. The van der Waals surface area contributed by atoms with Gasteiger partial charge in [-0.05, 0) is 54.7 Å². The highest BCUT2D eigenvalue weighted by Gasteiger charge is 2.22. The van der Waals surface area contributed by atoms with Gasteiger partial charge in [0, 0.05) is 22.5 Å². The van der Waals surface area contributed by atoms with Crippen LogP contribution in [0.3, 0.4) is 0 Å². The Balaban J connectivity index is 2.15. The SMILES string of the molecule is CCCCc1c(C(C)c2ccc(C)c(F)c2F)[nH]c2ccc(F)cc12. The fraction of sp³-hybridized carbons (Fsp3) is 0.333. The van der Waals surface area contributed by atoms with Crippen LogP contribution in [0.15, 0.2) is 30.3 Å². The molecule has 0 radical (unpaired) electrons. The molecule has 132 valence electrons. The molecular formula is C21H22F3N. The maximum atomic E-state index is 14.5. The summed E-state index contributed by atoms with van der Waals surface area (Å²) >= 11 is 0. The number of H-pyrrole nitrogens is 1. The van der Waals surface area contributed by atoms with E-state index in [4.69, 9.17) is 0 Å². The van der Waals surface area contributed by atoms with Crippen molar-refractivity contribution >= 4 is 10.9 Å². The third-order valence-corrected chi connectivity index (χ3v) is 4.89. The van der Waals surface area contributed by atoms with Crippen molar-refractivity contribution in [3.63, 3.8) is 0 Å². The molecule has 0 aliphatic heterocycles. The summed E-state index contributed by atoms with van der Waals surface area (Å²) in [7, 11) is 0. The lowest BCUT2D eigenvalue weighted by molar-refractivity contribution is 0.490. The van der Waals surface area contributed by atoms with Gasteiger partial charge in [-0.1, -0.05) is 32.4 Å². The van der Waals surface area contributed by atoms with Crippen molar-refractivity contribution in [2.75, 3.05) is 0 Å². The van der Waals surface area contributed by atoms with Crippen molar-refractivity contribution in [1.82, 2.24) is 4.98 Å². The third-order valence-electron chi connectivity index (χ3n) is 4.89. The molecule has 0 saturated heterocycles. The van der Waals surface area contributed by atoms with Crippen LogP contribution < -0.4 is 0 Å². The molecule has 0 saturated carbocycles. The Morgan fingerprint density at radius 3 is 2.52 bits per heavy atom. The van der Waals surface area contributed by atoms with Crippen molar-refractivity contribution in [3.05, 3.63) is 70.2 Å². The Labute approximate surface area is 145 Å². The largest absolute Gasteiger partial charge is 0.358 e. The van der Waals surface area contributed by atoms with Gasteiger partial charge in [-0.25, -0.2) is 13.2 Å². The van der Waals surface area contributed by atoms with E-state index in [0.717, 1.165) is 41.4 Å². The van der Waals surface area contributed by atoms with Gasteiger partial charge in [-0.2, -0.15) is 0 Å². The average Bonchev–Trinajstić information content (AvgIpc) is 2.95. The molecule has 0 aliphatic rings. The lowest BCUT2D eigenvalue weighted by Crippen LogP contribution is -2.05. The lowest BCUT2D eigenvalue weighted by Gasteiger charge is -2.15. The molecule has 0 bridgehead atoms. The molecule has 1 atom stereocenters. The molecule has 1 aromatic heterocycles. The Hall–Kier alpha value is -2.23. The molecule has 1 heterocycles. The zero-order chi connectivity index (χ0) is 18.1. The number of aromatic amines is 1. The minimum Gasteiger partial charge on any atom is -0.358 e. The van der Waals surface area contributed by atoms with Crippen molar-refractivity contribution in [2.24, 2.45) is 0 Å². The first-order valence-electron chi connectivity index (χ1n) is 8.68. The van der Waals surface area contributed by atoms with Crippen LogP contribution in [-0.4, -0.2) is 4.98 Å². The zero-order valence-electron chi connectivity index (χ0n) is 14.7. The maximum absolute atomic E-state index is 14.5.